The van der Waals surface area contributed by atoms with Crippen LogP contribution in [0.1, 0.15) is 83.1 Å². The fourth-order valence-electron chi connectivity index (χ4n) is 2.50. The Morgan fingerprint density at radius 3 is 1.26 bits per heavy atom. The van der Waals surface area contributed by atoms with Crippen molar-refractivity contribution in [3.05, 3.63) is 22.2 Å². The van der Waals surface area contributed by atoms with E-state index in [2.05, 4.69) is 39.7 Å². The Bertz CT molecular complexity index is 858. The third kappa shape index (κ3) is 17.0. The highest BCUT2D eigenvalue weighted by molar-refractivity contribution is 6.63. The van der Waals surface area contributed by atoms with Crippen LogP contribution >= 0.6 is 0 Å². The van der Waals surface area contributed by atoms with E-state index in [4.69, 9.17) is 5.11 Å². The molecule has 10 heteroatoms. The summed E-state index contributed by atoms with van der Waals surface area (Å²) in [6, 6.07) is -0.412. The summed E-state index contributed by atoms with van der Waals surface area (Å²) < 4.78 is 0. The van der Waals surface area contributed by atoms with Gasteiger partial charge in [0, 0.05) is 6.92 Å². The molecule has 0 saturated heterocycles. The number of ketones is 3. The van der Waals surface area contributed by atoms with Gasteiger partial charge < -0.3 is 15.5 Å². The number of carboxylic acid groups (broad SMARTS) is 2. The minimum absolute atomic E-state index is 0.0139. The number of Topliss-reactive ketones (excluding diaryl/α,β-unsaturated/α-hetero) is 3. The number of carboxylic acids is 2. The van der Waals surface area contributed by atoms with Crippen molar-refractivity contribution in [2.24, 2.45) is 0 Å². The zero-order valence-electron chi connectivity index (χ0n) is 26.6. The molecule has 3 N–H and O–H groups in total. The Morgan fingerprint density at radius 1 is 0.789 bits per heavy atom. The van der Waals surface area contributed by atoms with Gasteiger partial charge in [-0.1, -0.05) is 31.7 Å². The summed E-state index contributed by atoms with van der Waals surface area (Å²) in [6.45, 7) is 26.5. The minimum Gasteiger partial charge on any atom is -0.480 e. The lowest BCUT2D eigenvalue weighted by Gasteiger charge is -2.39. The van der Waals surface area contributed by atoms with Gasteiger partial charge in [-0.2, -0.15) is 0 Å². The molecule has 0 saturated carbocycles. The van der Waals surface area contributed by atoms with Crippen LogP contribution in [0.3, 0.4) is 0 Å². The van der Waals surface area contributed by atoms with E-state index in [0.29, 0.717) is 0 Å². The van der Waals surface area contributed by atoms with Crippen molar-refractivity contribution in [1.82, 2.24) is 10.2 Å². The maximum Gasteiger partial charge on any atom is 0.371 e. The predicted molar refractivity (Wildman–Crippen MR) is 157 cm³/mol. The Hall–Kier alpha value is -2.59. The van der Waals surface area contributed by atoms with Crippen LogP contribution in [0.2, 0.25) is 13.6 Å². The first-order valence-electron chi connectivity index (χ1n) is 12.6. The summed E-state index contributed by atoms with van der Waals surface area (Å²) in [5, 5.41) is 19.9. The normalized spacial score (nSPS) is 12.8. The van der Waals surface area contributed by atoms with Crippen LogP contribution in [0.25, 0.3) is 0 Å². The molecule has 0 amide bonds. The number of aliphatic carboxylic acids is 2. The molecule has 3 atom stereocenters. The first-order chi connectivity index (χ1) is 16.9. The number of hydrogen-bond donors (Lipinski definition) is 3. The van der Waals surface area contributed by atoms with Gasteiger partial charge in [0.25, 0.3) is 0 Å². The van der Waals surface area contributed by atoms with Crippen LogP contribution in [0.4, 0.5) is 0 Å². The molecule has 9 nitrogen and oxygen atoms in total. The lowest BCUT2D eigenvalue weighted by atomic mass is 9.48. The van der Waals surface area contributed by atoms with Gasteiger partial charge in [-0.15, -0.1) is 5.47 Å². The Balaban J connectivity index is -0.000000229. The topological polar surface area (TPSA) is 141 Å². The molecule has 0 fully saturated rings. The fourth-order valence-corrected chi connectivity index (χ4v) is 2.50. The van der Waals surface area contributed by atoms with Crippen molar-refractivity contribution >= 4 is 36.0 Å². The highest BCUT2D eigenvalue weighted by atomic mass is 16.4. The molecule has 220 valence electrons. The molecule has 0 aliphatic rings. The van der Waals surface area contributed by atoms with E-state index in [1.807, 2.05) is 20.8 Å². The van der Waals surface area contributed by atoms with Crippen LogP contribution < -0.4 is 5.32 Å². The van der Waals surface area contributed by atoms with Gasteiger partial charge in [0.15, 0.2) is 6.71 Å². The van der Waals surface area contributed by atoms with Gasteiger partial charge in [-0.3, -0.25) is 19.3 Å². The van der Waals surface area contributed by atoms with E-state index in [9.17, 15) is 29.1 Å². The molecule has 0 bridgehead atoms. The summed E-state index contributed by atoms with van der Waals surface area (Å²) in [6.07, 6.45) is 0. The quantitative estimate of drug-likeness (QED) is 0.218. The van der Waals surface area contributed by atoms with Gasteiger partial charge in [0.2, 0.25) is 5.78 Å². The Kier molecular flexibility index (Phi) is 22.8. The summed E-state index contributed by atoms with van der Waals surface area (Å²) in [7, 11) is 3.44. The van der Waals surface area contributed by atoms with E-state index in [-0.39, 0.29) is 17.6 Å². The minimum atomic E-state index is -1.38. The molecule has 0 aromatic rings. The van der Waals surface area contributed by atoms with Crippen molar-refractivity contribution < 1.29 is 34.2 Å². The average molecular weight is 541 g/mol. The third-order valence-electron chi connectivity index (χ3n) is 6.77. The lowest BCUT2D eigenvalue weighted by Crippen LogP contribution is -2.56. The summed E-state index contributed by atoms with van der Waals surface area (Å²) in [5.74, 6) is -3.00. The maximum absolute atomic E-state index is 11.5. The van der Waals surface area contributed by atoms with E-state index in [1.165, 1.54) is 18.0 Å². The molecule has 0 spiro atoms. The van der Waals surface area contributed by atoms with Crippen LogP contribution in [0.15, 0.2) is 22.2 Å². The lowest BCUT2D eigenvalue weighted by molar-refractivity contribution is -0.149. The molecule has 0 radical (unpaired) electrons. The molecule has 0 aromatic carbocycles. The van der Waals surface area contributed by atoms with Crippen LogP contribution in [0.5, 0.6) is 0 Å². The SMILES string of the molecule is CB(C)C(C)=C(C)C.CC(=O)C(=O)O.CC(=O)C(C)N(C)C(C)(C(=O)O)C(C)=C(C)C.CNC(C)C(C)=O. The van der Waals surface area contributed by atoms with E-state index < -0.39 is 29.3 Å². The first-order valence-corrected chi connectivity index (χ1v) is 12.6. The molecule has 0 heterocycles. The van der Waals surface area contributed by atoms with E-state index in [1.54, 1.807) is 46.7 Å². The second-order valence-corrected chi connectivity index (χ2v) is 10.2. The zero-order chi connectivity index (χ0) is 31.7. The highest BCUT2D eigenvalue weighted by Crippen LogP contribution is 2.28. The maximum atomic E-state index is 11.5. The predicted octanol–water partition coefficient (Wildman–Crippen LogP) is 4.57. The number of carbonyl (C=O) groups is 5. The number of rotatable bonds is 9. The summed E-state index contributed by atoms with van der Waals surface area (Å²) >= 11 is 0. The molecule has 0 aliphatic carbocycles. The number of nitrogens with one attached hydrogen (secondary N) is 1. The van der Waals surface area contributed by atoms with Crippen LogP contribution in [0, 0.1) is 0 Å². The summed E-state index contributed by atoms with van der Waals surface area (Å²) in [5.41, 5.74) is 3.55. The average Bonchev–Trinajstić information content (AvgIpc) is 2.81. The molecular weight excluding hydrogens is 487 g/mol. The highest BCUT2D eigenvalue weighted by Gasteiger charge is 2.42. The zero-order valence-corrected chi connectivity index (χ0v) is 26.6. The summed E-state index contributed by atoms with van der Waals surface area (Å²) in [4.78, 5) is 53.8. The second-order valence-electron chi connectivity index (χ2n) is 10.2. The number of nitrogens with zero attached hydrogens (tertiary/aromatic N) is 1. The van der Waals surface area contributed by atoms with Crippen LogP contribution in [-0.2, 0) is 24.0 Å². The van der Waals surface area contributed by atoms with Gasteiger partial charge in [0.05, 0.1) is 12.1 Å². The molecule has 0 rings (SSSR count). The first kappa shape index (κ1) is 42.5. The van der Waals surface area contributed by atoms with E-state index in [0.717, 1.165) is 24.8 Å². The number of hydrogen-bond acceptors (Lipinski definition) is 7. The Labute approximate surface area is 231 Å². The number of carbonyl (C=O) groups excluding carboxylic acids is 3. The molecule has 38 heavy (non-hydrogen) atoms. The van der Waals surface area contributed by atoms with Crippen LogP contribution in [-0.4, -0.2) is 82.8 Å². The van der Waals surface area contributed by atoms with E-state index >= 15 is 0 Å². The fraction of sp³-hybridized carbons (Fsp3) is 0.679. The van der Waals surface area contributed by atoms with Gasteiger partial charge in [-0.05, 0) is 88.9 Å². The van der Waals surface area contributed by atoms with Gasteiger partial charge >= 0.3 is 11.9 Å². The van der Waals surface area contributed by atoms with Crippen molar-refractivity contribution in [3.63, 3.8) is 0 Å². The molecule has 0 aromatic heterocycles. The molecule has 3 unspecified atom stereocenters. The number of allylic oxidation sites excluding steroid dienone is 3. The third-order valence-corrected chi connectivity index (χ3v) is 6.77. The smallest absolute Gasteiger partial charge is 0.371 e. The van der Waals surface area contributed by atoms with Crippen molar-refractivity contribution in [2.45, 2.75) is 114 Å². The van der Waals surface area contributed by atoms with Crippen molar-refractivity contribution in [2.75, 3.05) is 14.1 Å². The second kappa shape index (κ2) is 20.4. The number of likely N-dealkylation sites (N-methyl/N-ethyl adjacent to an activating group) is 2. The van der Waals surface area contributed by atoms with Crippen molar-refractivity contribution in [3.8, 4) is 0 Å². The monoisotopic (exact) mass is 540 g/mol. The molecule has 0 aliphatic heterocycles. The largest absolute Gasteiger partial charge is 0.480 e. The Morgan fingerprint density at radius 2 is 1.16 bits per heavy atom. The van der Waals surface area contributed by atoms with Gasteiger partial charge in [0.1, 0.15) is 17.1 Å². The van der Waals surface area contributed by atoms with Gasteiger partial charge in [-0.25, -0.2) is 9.59 Å². The molecular formula is C28H53BN2O7. The van der Waals surface area contributed by atoms with Crippen molar-refractivity contribution in [1.29, 1.82) is 0 Å². The standard InChI is InChI=1S/C13H23NO3.C7H15B.C5H11NO.C3H4O3/c1-8(2)9(3)13(6,12(16)17)14(7)10(4)11(5)15;1-6(2)7(3)8(4)5;1-4(6-3)5(2)7;1-2(4)3(5)6/h10H,1-7H3,(H,16,17);1-5H3;4,6H,1-3H3;1H3,(H,5,6).